The fourth-order valence-electron chi connectivity index (χ4n) is 2.93. The fraction of sp³-hybridized carbons (Fsp3) is 0.333. The largest absolute Gasteiger partial charge is 0.312 e. The number of nitriles is 1. The van der Waals surface area contributed by atoms with Gasteiger partial charge in [0.15, 0.2) is 0 Å². The van der Waals surface area contributed by atoms with E-state index in [1.807, 2.05) is 13.0 Å². The molecule has 1 N–H and O–H groups in total. The first-order chi connectivity index (χ1) is 11.0. The predicted octanol–water partition coefficient (Wildman–Crippen LogP) is 4.96. The van der Waals surface area contributed by atoms with Gasteiger partial charge in [0, 0.05) is 4.88 Å². The molecule has 1 atom stereocenters. The Kier molecular flexibility index (Phi) is 4.43. The van der Waals surface area contributed by atoms with Crippen molar-refractivity contribution in [2.45, 2.75) is 33.1 Å². The number of halogens is 1. The number of benzene rings is 1. The molecule has 23 heavy (non-hydrogen) atoms. The van der Waals surface area contributed by atoms with Crippen molar-refractivity contribution in [3.63, 3.8) is 0 Å². The summed E-state index contributed by atoms with van der Waals surface area (Å²) in [6.07, 6.45) is 2.99. The van der Waals surface area contributed by atoms with Gasteiger partial charge < -0.3 is 5.32 Å². The van der Waals surface area contributed by atoms with Gasteiger partial charge in [-0.1, -0.05) is 24.6 Å². The van der Waals surface area contributed by atoms with Crippen LogP contribution in [-0.2, 0) is 12.8 Å². The molecular formula is C18H17ClN2OS. The Morgan fingerprint density at radius 2 is 2.26 bits per heavy atom. The average Bonchev–Trinajstić information content (AvgIpc) is 2.82. The normalized spacial score (nSPS) is 16.5. The fourth-order valence-corrected chi connectivity index (χ4v) is 4.61. The molecule has 1 heterocycles. The van der Waals surface area contributed by atoms with E-state index in [9.17, 15) is 10.1 Å². The maximum Gasteiger partial charge on any atom is 0.257 e. The van der Waals surface area contributed by atoms with Crippen molar-refractivity contribution >= 4 is 33.8 Å². The highest BCUT2D eigenvalue weighted by Crippen LogP contribution is 2.39. The molecule has 118 valence electrons. The molecule has 0 unspecified atom stereocenters. The lowest BCUT2D eigenvalue weighted by Crippen LogP contribution is -2.12. The van der Waals surface area contributed by atoms with E-state index >= 15 is 0 Å². The van der Waals surface area contributed by atoms with Gasteiger partial charge in [-0.25, -0.2) is 0 Å². The average molecular weight is 345 g/mol. The van der Waals surface area contributed by atoms with E-state index in [-0.39, 0.29) is 5.91 Å². The van der Waals surface area contributed by atoms with Crippen molar-refractivity contribution in [2.24, 2.45) is 5.92 Å². The van der Waals surface area contributed by atoms with Gasteiger partial charge in [-0.05, 0) is 55.4 Å². The van der Waals surface area contributed by atoms with E-state index < -0.39 is 0 Å². The molecule has 2 aromatic rings. The maximum absolute atomic E-state index is 12.5. The van der Waals surface area contributed by atoms with E-state index in [0.29, 0.717) is 27.1 Å². The van der Waals surface area contributed by atoms with Crippen LogP contribution in [0.1, 0.15) is 45.3 Å². The molecule has 5 heteroatoms. The van der Waals surface area contributed by atoms with Crippen molar-refractivity contribution in [1.82, 2.24) is 0 Å². The molecule has 1 aliphatic rings. The molecule has 1 amide bonds. The predicted molar refractivity (Wildman–Crippen MR) is 94.4 cm³/mol. The third-order valence-corrected chi connectivity index (χ3v) is 5.70. The molecule has 3 rings (SSSR count). The van der Waals surface area contributed by atoms with Gasteiger partial charge in [0.25, 0.3) is 5.91 Å². The van der Waals surface area contributed by atoms with Crippen molar-refractivity contribution in [3.05, 3.63) is 50.4 Å². The Hall–Kier alpha value is -1.83. The number of carbonyl (C=O) groups is 1. The summed E-state index contributed by atoms with van der Waals surface area (Å²) in [5.74, 6) is 0.362. The Balaban J connectivity index is 1.91. The van der Waals surface area contributed by atoms with Crippen LogP contribution in [0.4, 0.5) is 5.00 Å². The summed E-state index contributed by atoms with van der Waals surface area (Å²) in [5.41, 5.74) is 3.17. The van der Waals surface area contributed by atoms with E-state index in [1.54, 1.807) is 12.1 Å². The van der Waals surface area contributed by atoms with Crippen molar-refractivity contribution in [2.75, 3.05) is 5.32 Å². The minimum Gasteiger partial charge on any atom is -0.312 e. The number of hydrogen-bond donors (Lipinski definition) is 1. The Morgan fingerprint density at radius 3 is 2.96 bits per heavy atom. The molecule has 0 aliphatic heterocycles. The smallest absolute Gasteiger partial charge is 0.257 e. The summed E-state index contributed by atoms with van der Waals surface area (Å²) in [6.45, 7) is 4.15. The van der Waals surface area contributed by atoms with Gasteiger partial charge in [0.2, 0.25) is 0 Å². The Labute approximate surface area is 144 Å². The molecule has 0 saturated carbocycles. The number of rotatable bonds is 2. The van der Waals surface area contributed by atoms with Gasteiger partial charge in [-0.2, -0.15) is 5.26 Å². The van der Waals surface area contributed by atoms with Crippen molar-refractivity contribution in [3.8, 4) is 6.07 Å². The minimum absolute atomic E-state index is 0.266. The second-order valence-corrected chi connectivity index (χ2v) is 7.62. The zero-order valence-corrected chi connectivity index (χ0v) is 14.6. The third kappa shape index (κ3) is 3.12. The molecule has 0 fully saturated rings. The van der Waals surface area contributed by atoms with Gasteiger partial charge in [-0.3, -0.25) is 4.79 Å². The zero-order chi connectivity index (χ0) is 16.6. The Morgan fingerprint density at radius 1 is 1.48 bits per heavy atom. The van der Waals surface area contributed by atoms with Crippen LogP contribution >= 0.6 is 22.9 Å². The standard InChI is InChI=1S/C18H17ClN2OS/c1-10-4-6-13(15(19)7-10)17(22)21-18-14(9-20)12-5-3-11(2)8-16(12)23-18/h4,6-7,11H,3,5,8H2,1-2H3,(H,21,22)/t11-/m0/s1. The van der Waals surface area contributed by atoms with Crippen LogP contribution in [0.3, 0.4) is 0 Å². The summed E-state index contributed by atoms with van der Waals surface area (Å²) in [4.78, 5) is 13.7. The van der Waals surface area contributed by atoms with Crippen LogP contribution < -0.4 is 5.32 Å². The topological polar surface area (TPSA) is 52.9 Å². The first-order valence-corrected chi connectivity index (χ1v) is 8.81. The van der Waals surface area contributed by atoms with E-state index in [1.165, 1.54) is 16.2 Å². The SMILES string of the molecule is Cc1ccc(C(=O)Nc2sc3c(c2C#N)CC[C@H](C)C3)c(Cl)c1. The summed E-state index contributed by atoms with van der Waals surface area (Å²) in [5, 5.41) is 13.4. The zero-order valence-electron chi connectivity index (χ0n) is 13.1. The van der Waals surface area contributed by atoms with E-state index in [2.05, 4.69) is 18.3 Å². The van der Waals surface area contributed by atoms with E-state index in [4.69, 9.17) is 11.6 Å². The monoisotopic (exact) mass is 344 g/mol. The highest BCUT2D eigenvalue weighted by atomic mass is 35.5. The van der Waals surface area contributed by atoms with Gasteiger partial charge in [0.1, 0.15) is 11.1 Å². The van der Waals surface area contributed by atoms with E-state index in [0.717, 1.165) is 30.4 Å². The van der Waals surface area contributed by atoms with Gasteiger partial charge >= 0.3 is 0 Å². The number of anilines is 1. The number of carbonyl (C=O) groups excluding carboxylic acids is 1. The molecular weight excluding hydrogens is 328 g/mol. The number of hydrogen-bond acceptors (Lipinski definition) is 3. The summed E-state index contributed by atoms with van der Waals surface area (Å²) < 4.78 is 0. The highest BCUT2D eigenvalue weighted by Gasteiger charge is 2.25. The lowest BCUT2D eigenvalue weighted by atomic mass is 9.88. The molecule has 0 bridgehead atoms. The summed E-state index contributed by atoms with van der Waals surface area (Å²) >= 11 is 7.69. The number of nitrogens with zero attached hydrogens (tertiary/aromatic N) is 1. The van der Waals surface area contributed by atoms with Crippen LogP contribution in [-0.4, -0.2) is 5.91 Å². The van der Waals surface area contributed by atoms with Crippen LogP contribution in [0, 0.1) is 24.2 Å². The van der Waals surface area contributed by atoms with Crippen LogP contribution in [0.25, 0.3) is 0 Å². The van der Waals surface area contributed by atoms with Gasteiger partial charge in [0.05, 0.1) is 16.1 Å². The third-order valence-electron chi connectivity index (χ3n) is 4.22. The maximum atomic E-state index is 12.5. The first kappa shape index (κ1) is 16.0. The lowest BCUT2D eigenvalue weighted by molar-refractivity contribution is 0.102. The van der Waals surface area contributed by atoms with Crippen molar-refractivity contribution < 1.29 is 4.79 Å². The number of fused-ring (bicyclic) bond motifs is 1. The first-order valence-electron chi connectivity index (χ1n) is 7.61. The van der Waals surface area contributed by atoms with Crippen LogP contribution in [0.5, 0.6) is 0 Å². The molecule has 0 saturated heterocycles. The second-order valence-electron chi connectivity index (χ2n) is 6.11. The minimum atomic E-state index is -0.266. The molecule has 0 radical (unpaired) electrons. The van der Waals surface area contributed by atoms with Crippen molar-refractivity contribution in [1.29, 1.82) is 5.26 Å². The quantitative estimate of drug-likeness (QED) is 0.837. The number of thiophene rings is 1. The number of amides is 1. The van der Waals surface area contributed by atoms with Gasteiger partial charge in [-0.15, -0.1) is 11.3 Å². The van der Waals surface area contributed by atoms with Crippen LogP contribution in [0.2, 0.25) is 5.02 Å². The number of nitrogens with one attached hydrogen (secondary N) is 1. The lowest BCUT2D eigenvalue weighted by Gasteiger charge is -2.17. The molecule has 1 aromatic heterocycles. The summed E-state index contributed by atoms with van der Waals surface area (Å²) in [6, 6.07) is 7.60. The second kappa shape index (κ2) is 6.35. The number of aryl methyl sites for hydroxylation is 1. The Bertz CT molecular complexity index is 819. The molecule has 1 aromatic carbocycles. The molecule has 1 aliphatic carbocycles. The summed E-state index contributed by atoms with van der Waals surface area (Å²) in [7, 11) is 0. The van der Waals surface area contributed by atoms with Crippen LogP contribution in [0.15, 0.2) is 18.2 Å². The molecule has 3 nitrogen and oxygen atoms in total. The highest BCUT2D eigenvalue weighted by molar-refractivity contribution is 7.16. The molecule has 0 spiro atoms.